The molecule has 1 aromatic heterocycles. The molecule has 0 unspecified atom stereocenters. The maximum Gasteiger partial charge on any atom is 0.416 e. The van der Waals surface area contributed by atoms with Crippen LogP contribution in [-0.2, 0) is 15.7 Å². The van der Waals surface area contributed by atoms with E-state index in [0.29, 0.717) is 36.9 Å². The molecule has 0 amide bonds. The molecular weight excluding hydrogens is 607 g/mol. The number of ether oxygens (including phenoxy) is 2. The quantitative estimate of drug-likeness (QED) is 0.140. The normalized spacial score (nSPS) is 12.7. The molecule has 0 N–H and O–H groups in total. The van der Waals surface area contributed by atoms with Gasteiger partial charge in [0.2, 0.25) is 0 Å². The maximum absolute atomic E-state index is 13.1. The van der Waals surface area contributed by atoms with Gasteiger partial charge in [0, 0.05) is 5.56 Å². The number of nitrogens with zero attached hydrogens (tertiary/aromatic N) is 1. The summed E-state index contributed by atoms with van der Waals surface area (Å²) < 4.78 is 50.8. The lowest BCUT2D eigenvalue weighted by Crippen LogP contribution is -2.43. The molecule has 0 aliphatic carbocycles. The van der Waals surface area contributed by atoms with E-state index in [9.17, 15) is 22.8 Å². The van der Waals surface area contributed by atoms with Crippen LogP contribution in [0, 0.1) is 0 Å². The highest BCUT2D eigenvalue weighted by Crippen LogP contribution is 2.35. The van der Waals surface area contributed by atoms with Crippen molar-refractivity contribution in [2.75, 3.05) is 0 Å². The first-order valence-corrected chi connectivity index (χ1v) is 14.1. The Balaban J connectivity index is 1.79. The fourth-order valence-corrected chi connectivity index (χ4v) is 5.12. The number of rotatable bonds is 8. The molecule has 3 rings (SSSR count). The Bertz CT molecular complexity index is 1420. The smallest absolute Gasteiger partial charge is 0.416 e. The fourth-order valence-electron chi connectivity index (χ4n) is 3.49. The zero-order valence-electron chi connectivity index (χ0n) is 23.3. The molecule has 0 fully saturated rings. The molecule has 1 heterocycles. The van der Waals surface area contributed by atoms with Crippen LogP contribution < -0.4 is 4.74 Å². The molecule has 0 saturated heterocycles. The average Bonchev–Trinajstić information content (AvgIpc) is 3.28. The van der Waals surface area contributed by atoms with Gasteiger partial charge in [-0.25, -0.2) is 9.78 Å². The van der Waals surface area contributed by atoms with Crippen molar-refractivity contribution in [2.24, 2.45) is 0 Å². The number of aromatic nitrogens is 1. The molecule has 0 spiro atoms. The zero-order chi connectivity index (χ0) is 30.0. The summed E-state index contributed by atoms with van der Waals surface area (Å²) in [6.45, 7) is 12.4. The molecule has 0 aliphatic heterocycles. The number of allylic oxidation sites excluding steroid dienone is 1. The number of benzene rings is 2. The molecule has 2 aromatic carbocycles. The van der Waals surface area contributed by atoms with Gasteiger partial charge in [-0.2, -0.15) is 13.2 Å². The van der Waals surface area contributed by atoms with Crippen LogP contribution in [0.15, 0.2) is 53.0 Å². The van der Waals surface area contributed by atoms with Crippen molar-refractivity contribution >= 4 is 45.1 Å². The van der Waals surface area contributed by atoms with Crippen LogP contribution in [0.1, 0.15) is 80.9 Å². The maximum atomic E-state index is 13.1. The molecule has 0 atom stereocenters. The van der Waals surface area contributed by atoms with E-state index in [1.165, 1.54) is 18.2 Å². The van der Waals surface area contributed by atoms with Crippen molar-refractivity contribution in [3.63, 3.8) is 0 Å². The molecule has 10 heteroatoms. The molecule has 3 aromatic rings. The fraction of sp³-hybridized carbons (Fsp3) is 0.367. The van der Waals surface area contributed by atoms with Crippen LogP contribution >= 0.6 is 27.3 Å². The number of esters is 1. The van der Waals surface area contributed by atoms with Crippen LogP contribution in [0.2, 0.25) is 0 Å². The summed E-state index contributed by atoms with van der Waals surface area (Å²) in [4.78, 5) is 30.7. The number of carbonyl (C=O) groups excluding carboxylic acids is 2. The molecular formula is C30H31BrF3NO4S. The van der Waals surface area contributed by atoms with Gasteiger partial charge < -0.3 is 9.47 Å². The molecule has 0 aliphatic rings. The van der Waals surface area contributed by atoms with Crippen molar-refractivity contribution in [1.29, 1.82) is 0 Å². The Hall–Kier alpha value is -2.98. The third kappa shape index (κ3) is 8.04. The van der Waals surface area contributed by atoms with Gasteiger partial charge in [-0.1, -0.05) is 38.1 Å². The predicted octanol–water partition coefficient (Wildman–Crippen LogP) is 9.11. The molecule has 214 valence electrons. The number of hydrogen-bond acceptors (Lipinski definition) is 6. The Morgan fingerprint density at radius 1 is 1.00 bits per heavy atom. The number of carbonyl (C=O) groups is 2. The summed E-state index contributed by atoms with van der Waals surface area (Å²) in [5, 5.41) is 0.478. The van der Waals surface area contributed by atoms with Gasteiger partial charge in [0.1, 0.15) is 16.4 Å². The third-order valence-corrected chi connectivity index (χ3v) is 7.28. The topological polar surface area (TPSA) is 65.5 Å². The van der Waals surface area contributed by atoms with Gasteiger partial charge in [0.05, 0.1) is 20.6 Å². The second kappa shape index (κ2) is 11.9. The summed E-state index contributed by atoms with van der Waals surface area (Å²) in [5.74, 6) is -0.389. The Labute approximate surface area is 244 Å². The van der Waals surface area contributed by atoms with Crippen molar-refractivity contribution in [2.45, 2.75) is 71.8 Å². The third-order valence-electron chi connectivity index (χ3n) is 5.52. The van der Waals surface area contributed by atoms with Crippen molar-refractivity contribution in [3.8, 4) is 16.3 Å². The SMILES string of the molecule is CC(C)c1nc(-c2ccc(C(F)(F)F)cc2)sc1C(=O)/C=C/c1ccc(OC(C)(C)C(=O)OC(C)(C)C)c(Br)c1. The van der Waals surface area contributed by atoms with Gasteiger partial charge in [0.15, 0.2) is 11.4 Å². The lowest BCUT2D eigenvalue weighted by molar-refractivity contribution is -0.171. The Morgan fingerprint density at radius 2 is 1.62 bits per heavy atom. The standard InChI is InChI=1S/C30H31BrF3NO4S/c1-17(2)24-25(40-26(35-24)19-10-12-20(13-11-19)30(32,33)34)22(36)14-8-18-9-15-23(21(31)16-18)38-29(6,7)27(37)39-28(3,4)5/h8-17H,1-7H3/b14-8+. The number of ketones is 1. The summed E-state index contributed by atoms with van der Waals surface area (Å²) in [6.07, 6.45) is -1.34. The first-order chi connectivity index (χ1) is 18.4. The highest BCUT2D eigenvalue weighted by molar-refractivity contribution is 9.10. The minimum absolute atomic E-state index is 0.0642. The molecule has 0 radical (unpaired) electrons. The monoisotopic (exact) mass is 637 g/mol. The van der Waals surface area contributed by atoms with Crippen LogP contribution in [-0.4, -0.2) is 27.9 Å². The minimum Gasteiger partial charge on any atom is -0.475 e. The van der Waals surface area contributed by atoms with E-state index in [1.807, 2.05) is 13.8 Å². The lowest BCUT2D eigenvalue weighted by atomic mass is 10.1. The summed E-state index contributed by atoms with van der Waals surface area (Å²) in [6, 6.07) is 9.93. The average molecular weight is 639 g/mol. The first kappa shape index (κ1) is 31.5. The van der Waals surface area contributed by atoms with Crippen LogP contribution in [0.25, 0.3) is 16.6 Å². The summed E-state index contributed by atoms with van der Waals surface area (Å²) >= 11 is 4.61. The lowest BCUT2D eigenvalue weighted by Gasteiger charge is -2.29. The van der Waals surface area contributed by atoms with Gasteiger partial charge in [-0.05, 0) is 92.4 Å². The van der Waals surface area contributed by atoms with E-state index in [2.05, 4.69) is 20.9 Å². The van der Waals surface area contributed by atoms with Crippen LogP contribution in [0.3, 0.4) is 0 Å². The van der Waals surface area contributed by atoms with Crippen molar-refractivity contribution < 1.29 is 32.2 Å². The molecule has 0 saturated carbocycles. The van der Waals surface area contributed by atoms with E-state index < -0.39 is 28.9 Å². The minimum atomic E-state index is -4.43. The van der Waals surface area contributed by atoms with Crippen LogP contribution in [0.4, 0.5) is 13.2 Å². The zero-order valence-corrected chi connectivity index (χ0v) is 25.7. The molecule has 40 heavy (non-hydrogen) atoms. The number of hydrogen-bond donors (Lipinski definition) is 0. The van der Waals surface area contributed by atoms with E-state index in [-0.39, 0.29) is 11.7 Å². The van der Waals surface area contributed by atoms with E-state index >= 15 is 0 Å². The molecule has 0 bridgehead atoms. The Morgan fingerprint density at radius 3 is 2.15 bits per heavy atom. The van der Waals surface area contributed by atoms with Gasteiger partial charge in [0.25, 0.3) is 0 Å². The number of thiazole rings is 1. The van der Waals surface area contributed by atoms with Crippen LogP contribution in [0.5, 0.6) is 5.75 Å². The molecule has 5 nitrogen and oxygen atoms in total. The van der Waals surface area contributed by atoms with Crippen molar-refractivity contribution in [3.05, 3.63) is 74.7 Å². The highest BCUT2D eigenvalue weighted by Gasteiger charge is 2.35. The summed E-state index contributed by atoms with van der Waals surface area (Å²) in [7, 11) is 0. The van der Waals surface area contributed by atoms with E-state index in [0.717, 1.165) is 23.5 Å². The first-order valence-electron chi connectivity index (χ1n) is 12.5. The second-order valence-electron chi connectivity index (χ2n) is 11.0. The predicted molar refractivity (Wildman–Crippen MR) is 155 cm³/mol. The van der Waals surface area contributed by atoms with E-state index in [1.54, 1.807) is 58.9 Å². The summed E-state index contributed by atoms with van der Waals surface area (Å²) in [5.41, 5.74) is -0.816. The largest absolute Gasteiger partial charge is 0.475 e. The number of alkyl halides is 3. The van der Waals surface area contributed by atoms with Crippen molar-refractivity contribution in [1.82, 2.24) is 4.98 Å². The van der Waals surface area contributed by atoms with Gasteiger partial charge in [-0.15, -0.1) is 11.3 Å². The van der Waals surface area contributed by atoms with E-state index in [4.69, 9.17) is 9.47 Å². The Kier molecular flexibility index (Phi) is 9.36. The second-order valence-corrected chi connectivity index (χ2v) is 12.8. The number of halogens is 4. The van der Waals surface area contributed by atoms with Gasteiger partial charge in [-0.3, -0.25) is 4.79 Å². The van der Waals surface area contributed by atoms with Gasteiger partial charge >= 0.3 is 12.1 Å². The highest BCUT2D eigenvalue weighted by atomic mass is 79.9.